The van der Waals surface area contributed by atoms with Crippen LogP contribution in [0.25, 0.3) is 33.4 Å². The van der Waals surface area contributed by atoms with Crippen LogP contribution in [0.4, 0.5) is 5.82 Å². The number of aromatic amines is 1. The second-order valence-electron chi connectivity index (χ2n) is 9.15. The van der Waals surface area contributed by atoms with Gasteiger partial charge in [-0.05, 0) is 62.3 Å². The van der Waals surface area contributed by atoms with Gasteiger partial charge in [-0.1, -0.05) is 30.3 Å². The van der Waals surface area contributed by atoms with Gasteiger partial charge in [0.15, 0.2) is 0 Å². The third-order valence-electron chi connectivity index (χ3n) is 6.51. The van der Waals surface area contributed by atoms with Gasteiger partial charge in [-0.3, -0.25) is 0 Å². The van der Waals surface area contributed by atoms with Gasteiger partial charge in [0, 0.05) is 24.6 Å². The van der Waals surface area contributed by atoms with Crippen LogP contribution < -0.4 is 10.1 Å². The molecule has 3 N–H and O–H groups in total. The summed E-state index contributed by atoms with van der Waals surface area (Å²) in [6, 6.07) is 18.5. The third kappa shape index (κ3) is 4.62. The first-order valence-electron chi connectivity index (χ1n) is 11.8. The fraction of sp³-hybridized carbons (Fsp3) is 0.333. The number of anilines is 1. The summed E-state index contributed by atoms with van der Waals surface area (Å²) in [7, 11) is 4.07. The monoisotopic (exact) mass is 457 g/mol. The molecular weight excluding hydrogens is 426 g/mol. The molecule has 1 saturated carbocycles. The topological polar surface area (TPSA) is 86.3 Å². The number of aliphatic hydroxyl groups excluding tert-OH is 1. The van der Waals surface area contributed by atoms with E-state index in [9.17, 15) is 5.11 Å². The van der Waals surface area contributed by atoms with Crippen molar-refractivity contribution in [2.45, 2.75) is 18.9 Å². The molecule has 0 amide bonds. The van der Waals surface area contributed by atoms with Gasteiger partial charge in [-0.25, -0.2) is 9.97 Å². The Morgan fingerprint density at radius 2 is 1.82 bits per heavy atom. The molecule has 2 heterocycles. The van der Waals surface area contributed by atoms with Crippen molar-refractivity contribution < 1.29 is 9.84 Å². The summed E-state index contributed by atoms with van der Waals surface area (Å²) in [6.07, 6.45) is 3.27. The van der Waals surface area contributed by atoms with Crippen LogP contribution in [0.1, 0.15) is 12.8 Å². The second-order valence-corrected chi connectivity index (χ2v) is 9.15. The molecule has 1 aliphatic carbocycles. The smallest absolute Gasteiger partial charge is 0.143 e. The molecule has 5 rings (SSSR count). The highest BCUT2D eigenvalue weighted by atomic mass is 16.5. The number of hydrogen-bond donors (Lipinski definition) is 3. The maximum Gasteiger partial charge on any atom is 0.143 e. The van der Waals surface area contributed by atoms with Crippen molar-refractivity contribution in [3.05, 3.63) is 60.9 Å². The Hall–Kier alpha value is -3.42. The zero-order valence-electron chi connectivity index (χ0n) is 19.7. The summed E-state index contributed by atoms with van der Waals surface area (Å²) in [5.41, 5.74) is 4.99. The number of aromatic nitrogens is 3. The minimum absolute atomic E-state index is 0.223. The van der Waals surface area contributed by atoms with Crippen LogP contribution in [0, 0.1) is 5.92 Å². The van der Waals surface area contributed by atoms with E-state index >= 15 is 0 Å². The fourth-order valence-corrected chi connectivity index (χ4v) is 4.35. The number of nitrogens with zero attached hydrogens (tertiary/aromatic N) is 3. The van der Waals surface area contributed by atoms with Gasteiger partial charge in [0.2, 0.25) is 0 Å². The normalized spacial score (nSPS) is 17.6. The molecule has 0 radical (unpaired) electrons. The predicted molar refractivity (Wildman–Crippen MR) is 136 cm³/mol. The van der Waals surface area contributed by atoms with Crippen LogP contribution in [-0.4, -0.2) is 64.9 Å². The summed E-state index contributed by atoms with van der Waals surface area (Å²) >= 11 is 0. The molecule has 176 valence electrons. The zero-order valence-corrected chi connectivity index (χ0v) is 19.7. The number of fused-ring (bicyclic) bond motifs is 1. The lowest BCUT2D eigenvalue weighted by Gasteiger charge is -2.32. The Kier molecular flexibility index (Phi) is 6.47. The first-order valence-corrected chi connectivity index (χ1v) is 11.8. The van der Waals surface area contributed by atoms with E-state index in [1.54, 1.807) is 6.33 Å². The lowest BCUT2D eigenvalue weighted by Crippen LogP contribution is -2.36. The van der Waals surface area contributed by atoms with Crippen LogP contribution in [0.2, 0.25) is 0 Å². The second kappa shape index (κ2) is 9.83. The molecule has 1 fully saturated rings. The van der Waals surface area contributed by atoms with E-state index in [1.165, 1.54) is 0 Å². The summed E-state index contributed by atoms with van der Waals surface area (Å²) in [5.74, 6) is 1.90. The van der Waals surface area contributed by atoms with E-state index in [0.29, 0.717) is 13.2 Å². The van der Waals surface area contributed by atoms with Crippen molar-refractivity contribution in [1.29, 1.82) is 0 Å². The molecule has 4 aromatic rings. The van der Waals surface area contributed by atoms with Gasteiger partial charge in [-0.2, -0.15) is 0 Å². The standard InChI is InChI=1S/C27H31N5O2/c1-32(2)14-15-34-21-11-8-19(9-12-21)25-23(18-6-4-3-5-7-18)24-26(29-17-30-27(24)31-25)28-16-20-10-13-22(20)33/h3-9,11-12,17,20,22,33H,10,13-16H2,1-2H3,(H2,28,29,30,31)/t20-,22-/m1/s1. The summed E-state index contributed by atoms with van der Waals surface area (Å²) in [5, 5.41) is 14.4. The van der Waals surface area contributed by atoms with Crippen LogP contribution in [0.3, 0.4) is 0 Å². The molecular formula is C27H31N5O2. The number of aliphatic hydroxyl groups is 1. The van der Waals surface area contributed by atoms with Crippen LogP contribution in [0.5, 0.6) is 5.75 Å². The van der Waals surface area contributed by atoms with Crippen LogP contribution in [0.15, 0.2) is 60.9 Å². The Morgan fingerprint density at radius 1 is 1.03 bits per heavy atom. The maximum atomic E-state index is 10.00. The highest BCUT2D eigenvalue weighted by Gasteiger charge is 2.29. The molecule has 2 aromatic carbocycles. The van der Waals surface area contributed by atoms with Gasteiger partial charge >= 0.3 is 0 Å². The molecule has 2 atom stereocenters. The van der Waals surface area contributed by atoms with Crippen molar-refractivity contribution >= 4 is 16.9 Å². The molecule has 34 heavy (non-hydrogen) atoms. The molecule has 7 nitrogen and oxygen atoms in total. The Balaban J connectivity index is 1.52. The van der Waals surface area contributed by atoms with E-state index in [-0.39, 0.29) is 12.0 Å². The lowest BCUT2D eigenvalue weighted by molar-refractivity contribution is 0.0314. The molecule has 0 aliphatic heterocycles. The summed E-state index contributed by atoms with van der Waals surface area (Å²) in [4.78, 5) is 14.7. The number of nitrogens with one attached hydrogen (secondary N) is 2. The molecule has 0 bridgehead atoms. The van der Waals surface area contributed by atoms with E-state index in [4.69, 9.17) is 4.74 Å². The average molecular weight is 458 g/mol. The number of hydrogen-bond acceptors (Lipinski definition) is 6. The lowest BCUT2D eigenvalue weighted by atomic mass is 9.82. The summed E-state index contributed by atoms with van der Waals surface area (Å²) in [6.45, 7) is 2.21. The number of benzene rings is 2. The SMILES string of the molecule is CN(C)CCOc1ccc(-c2[nH]c3ncnc(NC[C@H]4CC[C@H]4O)c3c2-c2ccccc2)cc1. The highest BCUT2D eigenvalue weighted by molar-refractivity contribution is 6.07. The Labute approximate surface area is 199 Å². The van der Waals surface area contributed by atoms with Gasteiger partial charge in [0.25, 0.3) is 0 Å². The fourth-order valence-electron chi connectivity index (χ4n) is 4.35. The molecule has 0 spiro atoms. The van der Waals surface area contributed by atoms with Gasteiger partial charge < -0.3 is 25.0 Å². The van der Waals surface area contributed by atoms with Gasteiger partial charge in [-0.15, -0.1) is 0 Å². The third-order valence-corrected chi connectivity index (χ3v) is 6.51. The minimum atomic E-state index is -0.223. The molecule has 7 heteroatoms. The largest absolute Gasteiger partial charge is 0.492 e. The Bertz CT molecular complexity index is 1240. The van der Waals surface area contributed by atoms with E-state index in [0.717, 1.165) is 64.4 Å². The Morgan fingerprint density at radius 3 is 2.50 bits per heavy atom. The zero-order chi connectivity index (χ0) is 23.5. The quantitative estimate of drug-likeness (QED) is 0.345. The van der Waals surface area contributed by atoms with E-state index in [2.05, 4.69) is 49.4 Å². The number of rotatable bonds is 9. The highest BCUT2D eigenvalue weighted by Crippen LogP contribution is 2.41. The first kappa shape index (κ1) is 22.4. The van der Waals surface area contributed by atoms with Crippen LogP contribution in [-0.2, 0) is 0 Å². The first-order chi connectivity index (χ1) is 16.6. The van der Waals surface area contributed by atoms with Gasteiger partial charge in [0.1, 0.15) is 30.1 Å². The van der Waals surface area contributed by atoms with Crippen molar-refractivity contribution in [2.75, 3.05) is 39.1 Å². The predicted octanol–water partition coefficient (Wildman–Crippen LogP) is 4.42. The number of ether oxygens (including phenoxy) is 1. The minimum Gasteiger partial charge on any atom is -0.492 e. The van der Waals surface area contributed by atoms with Crippen molar-refractivity contribution in [3.63, 3.8) is 0 Å². The van der Waals surface area contributed by atoms with Crippen LogP contribution >= 0.6 is 0 Å². The van der Waals surface area contributed by atoms with Gasteiger partial charge in [0.05, 0.1) is 17.2 Å². The van der Waals surface area contributed by atoms with Crippen molar-refractivity contribution in [2.24, 2.45) is 5.92 Å². The maximum absolute atomic E-state index is 10.00. The molecule has 0 saturated heterocycles. The van der Waals surface area contributed by atoms with Crippen molar-refractivity contribution in [3.8, 4) is 28.1 Å². The molecule has 2 aromatic heterocycles. The van der Waals surface area contributed by atoms with E-state index in [1.807, 2.05) is 44.4 Å². The molecule has 0 unspecified atom stereocenters. The number of likely N-dealkylation sites (N-methyl/N-ethyl adjacent to an activating group) is 1. The van der Waals surface area contributed by atoms with Crippen molar-refractivity contribution in [1.82, 2.24) is 19.9 Å². The summed E-state index contributed by atoms with van der Waals surface area (Å²) < 4.78 is 5.88. The number of H-pyrrole nitrogens is 1. The van der Waals surface area contributed by atoms with E-state index < -0.39 is 0 Å². The average Bonchev–Trinajstić information content (AvgIpc) is 3.24. The molecule has 1 aliphatic rings.